The molecule has 2 aromatic rings. The zero-order valence-corrected chi connectivity index (χ0v) is 22.2. The number of carbonyl (C=O) groups is 1. The van der Waals surface area contributed by atoms with Gasteiger partial charge in [-0.05, 0) is 88.4 Å². The van der Waals surface area contributed by atoms with Crippen molar-refractivity contribution in [2.45, 2.75) is 31.7 Å². The van der Waals surface area contributed by atoms with Gasteiger partial charge in [-0.15, -0.1) is 0 Å². The molecule has 1 atom stereocenters. The molecule has 4 rings (SSSR count). The molecule has 0 spiro atoms. The number of fused-ring (bicyclic) bond motifs is 1. The number of hydrogen-bond donors (Lipinski definition) is 1. The maximum absolute atomic E-state index is 10.00. The van der Waals surface area contributed by atoms with Crippen molar-refractivity contribution in [1.29, 1.82) is 0 Å². The van der Waals surface area contributed by atoms with Crippen molar-refractivity contribution in [1.82, 2.24) is 10.2 Å². The Labute approximate surface area is 215 Å². The summed E-state index contributed by atoms with van der Waals surface area (Å²) in [6, 6.07) is 14.1. The number of nitrogens with zero attached hydrogens (tertiary/aromatic N) is 1. The second-order valence-corrected chi connectivity index (χ2v) is 8.54. The number of rotatable bonds is 10. The van der Waals surface area contributed by atoms with Crippen LogP contribution < -0.4 is 24.3 Å². The highest BCUT2D eigenvalue weighted by Gasteiger charge is 2.19. The van der Waals surface area contributed by atoms with Crippen LogP contribution >= 0.6 is 0 Å². The Morgan fingerprint density at radius 3 is 2.39 bits per heavy atom. The number of ether oxygens (including phenoxy) is 5. The van der Waals surface area contributed by atoms with Crippen LogP contribution in [0, 0.1) is 0 Å². The molecule has 0 radical (unpaired) electrons. The van der Waals surface area contributed by atoms with E-state index in [0.717, 1.165) is 48.9 Å². The predicted molar refractivity (Wildman–Crippen MR) is 142 cm³/mol. The Kier molecular flexibility index (Phi) is 14.4. The van der Waals surface area contributed by atoms with Gasteiger partial charge in [0.05, 0.1) is 20.3 Å². The van der Waals surface area contributed by atoms with E-state index in [0.29, 0.717) is 32.3 Å². The van der Waals surface area contributed by atoms with E-state index < -0.39 is 0 Å². The molecule has 2 aliphatic heterocycles. The van der Waals surface area contributed by atoms with Crippen LogP contribution in [0.2, 0.25) is 0 Å². The summed E-state index contributed by atoms with van der Waals surface area (Å²) in [4.78, 5) is 12.4. The van der Waals surface area contributed by atoms with Gasteiger partial charge in [0.1, 0.15) is 31.0 Å². The number of likely N-dealkylation sites (N-methyl/N-ethyl adjacent to an activating group) is 2. The first-order valence-electron chi connectivity index (χ1n) is 12.5. The predicted octanol–water partition coefficient (Wildman–Crippen LogP) is 3.61. The van der Waals surface area contributed by atoms with Gasteiger partial charge in [-0.25, -0.2) is 0 Å². The minimum atomic E-state index is 0.423. The van der Waals surface area contributed by atoms with Gasteiger partial charge in [0.15, 0.2) is 11.5 Å². The standard InChI is InChI=1S/C11H15NO2.C10H12O3.C7H15NO/c1-12-5-4-9-2-3-10-11(8-9)14-7-6-13-10;1-12-9-3-5-10(6-4-9)13-8-2-7-11;1-8-5-3-4-7(8)6-9-2/h2-3,8,12H,4-7H2,1H3;3-7H,2,8H2,1H3;7H,3-6H2,1-2H3. The summed E-state index contributed by atoms with van der Waals surface area (Å²) < 4.78 is 26.2. The van der Waals surface area contributed by atoms with Gasteiger partial charge in [-0.3, -0.25) is 0 Å². The summed E-state index contributed by atoms with van der Waals surface area (Å²) >= 11 is 0. The summed E-state index contributed by atoms with van der Waals surface area (Å²) in [7, 11) is 7.50. The molecule has 1 N–H and O–H groups in total. The number of methoxy groups -OCH3 is 2. The quantitative estimate of drug-likeness (QED) is 0.390. The Morgan fingerprint density at radius 1 is 1.06 bits per heavy atom. The molecule has 0 aliphatic carbocycles. The normalized spacial score (nSPS) is 16.2. The van der Waals surface area contributed by atoms with Gasteiger partial charge in [0, 0.05) is 19.6 Å². The highest BCUT2D eigenvalue weighted by Crippen LogP contribution is 2.30. The third-order valence-electron chi connectivity index (χ3n) is 5.86. The average Bonchev–Trinajstić information content (AvgIpc) is 3.33. The Balaban J connectivity index is 0.000000195. The zero-order valence-electron chi connectivity index (χ0n) is 22.2. The van der Waals surface area contributed by atoms with Crippen LogP contribution in [-0.2, 0) is 16.0 Å². The van der Waals surface area contributed by atoms with Gasteiger partial charge in [0.25, 0.3) is 0 Å². The maximum atomic E-state index is 10.00. The first kappa shape index (κ1) is 29.4. The van der Waals surface area contributed by atoms with E-state index in [-0.39, 0.29) is 0 Å². The van der Waals surface area contributed by atoms with Crippen LogP contribution in [0.15, 0.2) is 42.5 Å². The van der Waals surface area contributed by atoms with Crippen molar-refractivity contribution in [2.75, 3.05) is 67.8 Å². The fraction of sp³-hybridized carbons (Fsp3) is 0.536. The lowest BCUT2D eigenvalue weighted by atomic mass is 10.1. The fourth-order valence-corrected chi connectivity index (χ4v) is 3.79. The van der Waals surface area contributed by atoms with Crippen molar-refractivity contribution in [2.24, 2.45) is 0 Å². The lowest BCUT2D eigenvalue weighted by Crippen LogP contribution is -2.28. The van der Waals surface area contributed by atoms with Gasteiger partial charge < -0.3 is 38.7 Å². The third-order valence-corrected chi connectivity index (χ3v) is 5.86. The fourth-order valence-electron chi connectivity index (χ4n) is 3.79. The molecule has 1 unspecified atom stereocenters. The summed E-state index contributed by atoms with van der Waals surface area (Å²) in [6.45, 7) is 4.87. The van der Waals surface area contributed by atoms with Crippen molar-refractivity contribution in [3.63, 3.8) is 0 Å². The molecule has 0 saturated carbocycles. The van der Waals surface area contributed by atoms with E-state index in [4.69, 9.17) is 23.7 Å². The molecule has 2 aliphatic rings. The smallest absolute Gasteiger partial charge is 0.161 e. The van der Waals surface area contributed by atoms with Crippen molar-refractivity contribution in [3.05, 3.63) is 48.0 Å². The van der Waals surface area contributed by atoms with E-state index in [1.54, 1.807) is 14.2 Å². The lowest BCUT2D eigenvalue weighted by Gasteiger charge is -2.18. The van der Waals surface area contributed by atoms with E-state index in [1.165, 1.54) is 24.9 Å². The number of hydrogen-bond acceptors (Lipinski definition) is 8. The van der Waals surface area contributed by atoms with Gasteiger partial charge in [-0.1, -0.05) is 6.07 Å². The second-order valence-electron chi connectivity index (χ2n) is 8.54. The molecule has 8 heteroatoms. The SMILES string of the molecule is CNCCc1ccc2c(c1)OCCO2.COCC1CCCN1C.COc1ccc(OCCC=O)cc1. The Hall–Kier alpha value is -2.81. The molecule has 0 bridgehead atoms. The zero-order chi connectivity index (χ0) is 26.0. The van der Waals surface area contributed by atoms with Crippen LogP contribution in [0.3, 0.4) is 0 Å². The number of benzene rings is 2. The van der Waals surface area contributed by atoms with E-state index >= 15 is 0 Å². The first-order valence-corrected chi connectivity index (χ1v) is 12.5. The largest absolute Gasteiger partial charge is 0.497 e. The van der Waals surface area contributed by atoms with Crippen LogP contribution in [0.4, 0.5) is 0 Å². The molecule has 2 heterocycles. The monoisotopic (exact) mass is 502 g/mol. The van der Waals surface area contributed by atoms with Crippen LogP contribution in [0.25, 0.3) is 0 Å². The molecule has 36 heavy (non-hydrogen) atoms. The van der Waals surface area contributed by atoms with Crippen LogP contribution in [-0.4, -0.2) is 85.1 Å². The summed E-state index contributed by atoms with van der Waals surface area (Å²) in [5.74, 6) is 3.29. The molecule has 0 aromatic heterocycles. The van der Waals surface area contributed by atoms with Crippen molar-refractivity contribution < 1.29 is 28.5 Å². The van der Waals surface area contributed by atoms with Gasteiger partial charge in [-0.2, -0.15) is 0 Å². The average molecular weight is 503 g/mol. The van der Waals surface area contributed by atoms with Gasteiger partial charge >= 0.3 is 0 Å². The molecule has 1 saturated heterocycles. The molecule has 2 aromatic carbocycles. The highest BCUT2D eigenvalue weighted by atomic mass is 16.6. The second kappa shape index (κ2) is 17.6. The Bertz CT molecular complexity index is 862. The molecule has 8 nitrogen and oxygen atoms in total. The highest BCUT2D eigenvalue weighted by molar-refractivity contribution is 5.49. The third kappa shape index (κ3) is 10.8. The molecular weight excluding hydrogens is 460 g/mol. The molecule has 1 fully saturated rings. The molecule has 200 valence electrons. The number of carbonyl (C=O) groups excluding carboxylic acids is 1. The summed E-state index contributed by atoms with van der Waals surface area (Å²) in [5, 5.41) is 3.12. The summed E-state index contributed by atoms with van der Waals surface area (Å²) in [6.07, 6.45) is 4.93. The van der Waals surface area contributed by atoms with Crippen molar-refractivity contribution >= 4 is 6.29 Å². The Morgan fingerprint density at radius 2 is 1.78 bits per heavy atom. The van der Waals surface area contributed by atoms with E-state index in [9.17, 15) is 4.79 Å². The maximum Gasteiger partial charge on any atom is 0.161 e. The first-order chi connectivity index (χ1) is 17.6. The number of likely N-dealkylation sites (tertiary alicyclic amines) is 1. The minimum Gasteiger partial charge on any atom is -0.497 e. The van der Waals surface area contributed by atoms with E-state index in [1.807, 2.05) is 37.4 Å². The molecule has 0 amide bonds. The van der Waals surface area contributed by atoms with E-state index in [2.05, 4.69) is 29.4 Å². The topological polar surface area (TPSA) is 78.5 Å². The van der Waals surface area contributed by atoms with Gasteiger partial charge in [0.2, 0.25) is 0 Å². The minimum absolute atomic E-state index is 0.423. The lowest BCUT2D eigenvalue weighted by molar-refractivity contribution is -0.108. The number of nitrogens with one attached hydrogen (secondary N) is 1. The van der Waals surface area contributed by atoms with Crippen LogP contribution in [0.1, 0.15) is 24.8 Å². The van der Waals surface area contributed by atoms with Crippen molar-refractivity contribution in [3.8, 4) is 23.0 Å². The molecular formula is C28H42N2O6. The number of aldehydes is 1. The van der Waals surface area contributed by atoms with Crippen LogP contribution in [0.5, 0.6) is 23.0 Å². The summed E-state index contributed by atoms with van der Waals surface area (Å²) in [5.41, 5.74) is 1.28.